The number of hydrogen-bond acceptors (Lipinski definition) is 9. The number of fused-ring (bicyclic) bond motifs is 1. The number of nitrogens with zero attached hydrogens (tertiary/aromatic N) is 8. The molecule has 1 aromatic carbocycles. The molecule has 0 spiro atoms. The third-order valence-electron chi connectivity index (χ3n) is 7.97. The van der Waals surface area contributed by atoms with Crippen molar-refractivity contribution in [2.75, 3.05) is 17.2 Å². The van der Waals surface area contributed by atoms with Crippen molar-refractivity contribution in [3.63, 3.8) is 0 Å². The van der Waals surface area contributed by atoms with E-state index in [1.54, 1.807) is 19.3 Å². The molecule has 6 rings (SSSR count). The number of pyridine rings is 2. The summed E-state index contributed by atoms with van der Waals surface area (Å²) in [5, 5.41) is 25.5. The molecule has 46 heavy (non-hydrogen) atoms. The fourth-order valence-electron chi connectivity index (χ4n) is 5.38. The number of anilines is 2. The number of hydrogen-bond donors (Lipinski definition) is 2. The molecular formula is C32H30F4N10. The van der Waals surface area contributed by atoms with Gasteiger partial charge in [-0.3, -0.25) is 4.98 Å². The normalized spacial score (nSPS) is 14.9. The molecule has 1 aliphatic rings. The maximum absolute atomic E-state index is 14.1. The minimum Gasteiger partial charge on any atom is -0.383 e. The highest BCUT2D eigenvalue weighted by molar-refractivity contribution is 6.04. The zero-order valence-corrected chi connectivity index (χ0v) is 25.5. The number of nitriles is 1. The molecule has 0 bridgehead atoms. The minimum absolute atomic E-state index is 0.0969. The maximum Gasteiger partial charge on any atom is 0.413 e. The molecule has 5 aromatic rings. The van der Waals surface area contributed by atoms with Gasteiger partial charge in [0.2, 0.25) is 5.95 Å². The van der Waals surface area contributed by atoms with E-state index in [1.807, 2.05) is 12.1 Å². The van der Waals surface area contributed by atoms with E-state index in [2.05, 4.69) is 67.7 Å². The van der Waals surface area contributed by atoms with Crippen LogP contribution in [0.25, 0.3) is 22.0 Å². The van der Waals surface area contributed by atoms with Crippen molar-refractivity contribution in [1.82, 2.24) is 34.9 Å². The van der Waals surface area contributed by atoms with E-state index in [-0.39, 0.29) is 24.0 Å². The van der Waals surface area contributed by atoms with Crippen LogP contribution in [0.5, 0.6) is 0 Å². The fourth-order valence-corrected chi connectivity index (χ4v) is 5.38. The molecule has 4 heterocycles. The quantitative estimate of drug-likeness (QED) is 0.142. The highest BCUT2D eigenvalue weighted by Crippen LogP contribution is 2.55. The summed E-state index contributed by atoms with van der Waals surface area (Å²) in [7, 11) is 0. The van der Waals surface area contributed by atoms with E-state index >= 15 is 0 Å². The molecule has 1 aliphatic carbocycles. The Bertz CT molecular complexity index is 1950. The summed E-state index contributed by atoms with van der Waals surface area (Å²) in [6.45, 7) is 8.36. The lowest BCUT2D eigenvalue weighted by Gasteiger charge is -2.23. The minimum atomic E-state index is -4.50. The monoisotopic (exact) mass is 630 g/mol. The summed E-state index contributed by atoms with van der Waals surface area (Å²) in [5.74, 6) is -0.695. The summed E-state index contributed by atoms with van der Waals surface area (Å²) >= 11 is 0. The lowest BCUT2D eigenvalue weighted by atomic mass is 9.95. The zero-order chi connectivity index (χ0) is 32.9. The molecule has 10 nitrogen and oxygen atoms in total. The molecule has 0 aliphatic heterocycles. The number of nitrogens with one attached hydrogen (secondary N) is 2. The van der Waals surface area contributed by atoms with Crippen LogP contribution in [0.15, 0.2) is 55.4 Å². The Hall–Kier alpha value is -5.19. The van der Waals surface area contributed by atoms with E-state index < -0.39 is 23.7 Å². The van der Waals surface area contributed by atoms with Crippen LogP contribution in [0.2, 0.25) is 0 Å². The van der Waals surface area contributed by atoms with Crippen LogP contribution in [-0.4, -0.2) is 47.7 Å². The van der Waals surface area contributed by atoms with Gasteiger partial charge in [0, 0.05) is 58.6 Å². The van der Waals surface area contributed by atoms with Gasteiger partial charge in [-0.25, -0.2) is 19.6 Å². The standard InChI is InChI=1S/C32H30F4N10/c1-18-22(5-6-26(33)42-18)29(25-15-46(45-44-25)31(7-8-31)32(34,35)36)43-21-9-23(20-12-38-17-39-13-20)28-24(10-21)27(19(11-37)14-40-28)41-16-30(2,3)4/h5-6,9-10,12-15,17,29,43H,7-8,16H2,1-4H3,(H,40,41)/t29-/m0/s1. The number of alkyl halides is 3. The van der Waals surface area contributed by atoms with Crippen LogP contribution < -0.4 is 10.6 Å². The van der Waals surface area contributed by atoms with Gasteiger partial charge >= 0.3 is 6.18 Å². The third-order valence-corrected chi connectivity index (χ3v) is 7.97. The topological polar surface area (TPSA) is 130 Å². The van der Waals surface area contributed by atoms with Crippen molar-refractivity contribution >= 4 is 22.3 Å². The van der Waals surface area contributed by atoms with Crippen LogP contribution in [0.4, 0.5) is 28.9 Å². The number of benzene rings is 1. The Labute approximate surface area is 261 Å². The molecule has 14 heteroatoms. The second kappa shape index (κ2) is 11.3. The summed E-state index contributed by atoms with van der Waals surface area (Å²) < 4.78 is 56.8. The number of aryl methyl sites for hydroxylation is 1. The van der Waals surface area contributed by atoms with E-state index in [1.165, 1.54) is 30.9 Å². The van der Waals surface area contributed by atoms with Crippen molar-refractivity contribution < 1.29 is 17.6 Å². The Balaban J connectivity index is 1.53. The molecule has 1 atom stereocenters. The fraction of sp³-hybridized carbons (Fsp3) is 0.344. The van der Waals surface area contributed by atoms with Gasteiger partial charge in [-0.1, -0.05) is 32.1 Å². The highest BCUT2D eigenvalue weighted by atomic mass is 19.4. The largest absolute Gasteiger partial charge is 0.413 e. The van der Waals surface area contributed by atoms with Crippen molar-refractivity contribution in [2.24, 2.45) is 5.41 Å². The van der Waals surface area contributed by atoms with Gasteiger partial charge in [-0.15, -0.1) is 5.10 Å². The van der Waals surface area contributed by atoms with Crippen LogP contribution >= 0.6 is 0 Å². The maximum atomic E-state index is 14.1. The summed E-state index contributed by atoms with van der Waals surface area (Å²) in [6.07, 6.45) is 2.77. The Kier molecular flexibility index (Phi) is 7.58. The van der Waals surface area contributed by atoms with E-state index in [9.17, 15) is 22.8 Å². The molecule has 4 aromatic heterocycles. The number of aromatic nitrogens is 7. The van der Waals surface area contributed by atoms with Gasteiger partial charge in [-0.05, 0) is 43.4 Å². The Morgan fingerprint density at radius 3 is 2.46 bits per heavy atom. The van der Waals surface area contributed by atoms with Crippen molar-refractivity contribution in [1.29, 1.82) is 5.26 Å². The first kappa shape index (κ1) is 30.8. The number of halogens is 4. The van der Waals surface area contributed by atoms with Gasteiger partial charge in [0.15, 0.2) is 5.54 Å². The van der Waals surface area contributed by atoms with E-state index in [0.717, 1.165) is 4.68 Å². The number of rotatable bonds is 8. The Morgan fingerprint density at radius 2 is 1.83 bits per heavy atom. The molecule has 0 radical (unpaired) electrons. The van der Waals surface area contributed by atoms with Crippen LogP contribution in [0.1, 0.15) is 62.2 Å². The molecule has 0 amide bonds. The second-order valence-electron chi connectivity index (χ2n) is 12.6. The molecule has 1 fully saturated rings. The highest BCUT2D eigenvalue weighted by Gasteiger charge is 2.66. The third kappa shape index (κ3) is 5.80. The van der Waals surface area contributed by atoms with Crippen LogP contribution in [0, 0.1) is 29.6 Å². The molecule has 1 saturated carbocycles. The molecule has 0 saturated heterocycles. The average molecular weight is 631 g/mol. The van der Waals surface area contributed by atoms with Crippen molar-refractivity contribution in [2.45, 2.75) is 58.3 Å². The first-order valence-corrected chi connectivity index (χ1v) is 14.5. The predicted octanol–water partition coefficient (Wildman–Crippen LogP) is 6.71. The molecular weight excluding hydrogens is 600 g/mol. The van der Waals surface area contributed by atoms with Crippen LogP contribution in [0.3, 0.4) is 0 Å². The Morgan fingerprint density at radius 1 is 1.09 bits per heavy atom. The summed E-state index contributed by atoms with van der Waals surface area (Å²) in [6, 6.07) is 7.67. The lowest BCUT2D eigenvalue weighted by molar-refractivity contribution is -0.182. The predicted molar refractivity (Wildman–Crippen MR) is 163 cm³/mol. The van der Waals surface area contributed by atoms with Crippen molar-refractivity contribution in [3.05, 3.63) is 83.8 Å². The zero-order valence-electron chi connectivity index (χ0n) is 25.5. The molecule has 236 valence electrons. The van der Waals surface area contributed by atoms with Gasteiger partial charge < -0.3 is 10.6 Å². The van der Waals surface area contributed by atoms with Gasteiger partial charge in [0.05, 0.1) is 29.0 Å². The summed E-state index contributed by atoms with van der Waals surface area (Å²) in [4.78, 5) is 16.9. The summed E-state index contributed by atoms with van der Waals surface area (Å²) in [5.41, 5.74) is 2.09. The smallest absolute Gasteiger partial charge is 0.383 e. The van der Waals surface area contributed by atoms with Gasteiger partial charge in [0.1, 0.15) is 18.1 Å². The van der Waals surface area contributed by atoms with Gasteiger partial charge in [0.25, 0.3) is 0 Å². The van der Waals surface area contributed by atoms with E-state index in [0.29, 0.717) is 56.8 Å². The lowest BCUT2D eigenvalue weighted by Crippen LogP contribution is -2.35. The molecule has 2 N–H and O–H groups in total. The van der Waals surface area contributed by atoms with Crippen LogP contribution in [-0.2, 0) is 5.54 Å². The second-order valence-corrected chi connectivity index (χ2v) is 12.6. The van der Waals surface area contributed by atoms with E-state index in [4.69, 9.17) is 0 Å². The average Bonchev–Trinajstić information content (AvgIpc) is 3.69. The van der Waals surface area contributed by atoms with Crippen molar-refractivity contribution in [3.8, 4) is 17.2 Å². The molecule has 0 unspecified atom stereocenters. The first-order chi connectivity index (χ1) is 21.8. The first-order valence-electron chi connectivity index (χ1n) is 14.5. The van der Waals surface area contributed by atoms with Gasteiger partial charge in [-0.2, -0.15) is 22.8 Å². The SMILES string of the molecule is Cc1nc(F)ccc1[C@H](Nc1cc(-c2cncnc2)c2ncc(C#N)c(NCC(C)(C)C)c2c1)c1cn(C2(C(F)(F)F)CC2)nn1.